The molecule has 2 rings (SSSR count). The number of fused-ring (bicyclic) bond motifs is 1. The third kappa shape index (κ3) is 2.34. The number of amides is 1. The Morgan fingerprint density at radius 3 is 2.94 bits per heavy atom. The molecule has 0 spiro atoms. The first-order valence-electron chi connectivity index (χ1n) is 5.55. The summed E-state index contributed by atoms with van der Waals surface area (Å²) >= 11 is 0. The summed E-state index contributed by atoms with van der Waals surface area (Å²) in [4.78, 5) is 25.6. The second kappa shape index (κ2) is 4.91. The van der Waals surface area contributed by atoms with Crippen molar-refractivity contribution in [1.29, 1.82) is 0 Å². The number of H-pyrrole nitrogens is 1. The van der Waals surface area contributed by atoms with E-state index in [1.807, 2.05) is 25.1 Å². The molecule has 0 aliphatic carbocycles. The predicted octanol–water partition coefficient (Wildman–Crippen LogP) is 1.69. The van der Waals surface area contributed by atoms with Gasteiger partial charge in [-0.1, -0.05) is 18.2 Å². The van der Waals surface area contributed by atoms with Crippen molar-refractivity contribution in [2.45, 2.75) is 13.5 Å². The number of aromatic amines is 1. The van der Waals surface area contributed by atoms with Crippen molar-refractivity contribution in [3.63, 3.8) is 0 Å². The molecule has 0 bridgehead atoms. The van der Waals surface area contributed by atoms with Crippen molar-refractivity contribution >= 4 is 17.0 Å². The van der Waals surface area contributed by atoms with Crippen LogP contribution in [0.2, 0.25) is 0 Å². The largest absolute Gasteiger partial charge is 0.453 e. The standard InChI is InChI=1S/C13H14N2O3/c1-8-4-3-5-9-6-10(7-14-13(17)18-2)12(16)15-11(8)9/h3-6H,7H2,1-2H3,(H,14,17)(H,15,16). The number of methoxy groups -OCH3 is 1. The van der Waals surface area contributed by atoms with Crippen molar-refractivity contribution in [1.82, 2.24) is 10.3 Å². The molecule has 0 fully saturated rings. The Kier molecular flexibility index (Phi) is 3.32. The summed E-state index contributed by atoms with van der Waals surface area (Å²) in [5, 5.41) is 3.43. The lowest BCUT2D eigenvalue weighted by molar-refractivity contribution is 0.170. The molecular formula is C13H14N2O3. The minimum absolute atomic E-state index is 0.145. The zero-order valence-electron chi connectivity index (χ0n) is 10.2. The van der Waals surface area contributed by atoms with E-state index in [1.54, 1.807) is 6.07 Å². The third-order valence-electron chi connectivity index (χ3n) is 2.77. The van der Waals surface area contributed by atoms with E-state index in [0.717, 1.165) is 16.5 Å². The van der Waals surface area contributed by atoms with Crippen molar-refractivity contribution < 1.29 is 9.53 Å². The number of carbonyl (C=O) groups is 1. The van der Waals surface area contributed by atoms with Gasteiger partial charge in [0.25, 0.3) is 5.56 Å². The Morgan fingerprint density at radius 2 is 2.22 bits per heavy atom. The average Bonchev–Trinajstić information content (AvgIpc) is 2.37. The first kappa shape index (κ1) is 12.2. The van der Waals surface area contributed by atoms with Gasteiger partial charge in [0, 0.05) is 5.56 Å². The van der Waals surface area contributed by atoms with Crippen LogP contribution in [0.1, 0.15) is 11.1 Å². The smallest absolute Gasteiger partial charge is 0.407 e. The number of hydrogen-bond acceptors (Lipinski definition) is 3. The SMILES string of the molecule is COC(=O)NCc1cc2cccc(C)c2[nH]c1=O. The van der Waals surface area contributed by atoms with Crippen LogP contribution in [0.15, 0.2) is 29.1 Å². The van der Waals surface area contributed by atoms with E-state index in [1.165, 1.54) is 7.11 Å². The monoisotopic (exact) mass is 246 g/mol. The number of para-hydroxylation sites is 1. The Bertz CT molecular complexity index is 646. The normalized spacial score (nSPS) is 10.3. The number of aromatic nitrogens is 1. The summed E-state index contributed by atoms with van der Waals surface area (Å²) in [5.74, 6) is 0. The Balaban J connectivity index is 2.38. The molecule has 1 aromatic heterocycles. The summed E-state index contributed by atoms with van der Waals surface area (Å²) in [6.45, 7) is 2.08. The van der Waals surface area contributed by atoms with Crippen LogP contribution < -0.4 is 10.9 Å². The van der Waals surface area contributed by atoms with E-state index in [9.17, 15) is 9.59 Å². The number of pyridine rings is 1. The van der Waals surface area contributed by atoms with E-state index in [-0.39, 0.29) is 12.1 Å². The zero-order valence-corrected chi connectivity index (χ0v) is 10.2. The van der Waals surface area contributed by atoms with Gasteiger partial charge < -0.3 is 15.0 Å². The number of ether oxygens (including phenoxy) is 1. The molecule has 0 aliphatic rings. The molecule has 94 valence electrons. The summed E-state index contributed by atoms with van der Waals surface area (Å²) in [7, 11) is 1.28. The highest BCUT2D eigenvalue weighted by Gasteiger charge is 2.06. The van der Waals surface area contributed by atoms with Gasteiger partial charge in [-0.2, -0.15) is 0 Å². The molecule has 5 nitrogen and oxygen atoms in total. The highest BCUT2D eigenvalue weighted by Crippen LogP contribution is 2.14. The highest BCUT2D eigenvalue weighted by atomic mass is 16.5. The fourth-order valence-corrected chi connectivity index (χ4v) is 1.80. The number of alkyl carbamates (subject to hydrolysis) is 1. The molecule has 0 atom stereocenters. The molecule has 2 N–H and O–H groups in total. The Morgan fingerprint density at radius 1 is 1.44 bits per heavy atom. The number of hydrogen-bond donors (Lipinski definition) is 2. The van der Waals surface area contributed by atoms with Gasteiger partial charge in [-0.15, -0.1) is 0 Å². The molecule has 0 saturated carbocycles. The minimum atomic E-state index is -0.557. The van der Waals surface area contributed by atoms with E-state index >= 15 is 0 Å². The van der Waals surface area contributed by atoms with Crippen LogP contribution in [0.25, 0.3) is 10.9 Å². The molecule has 5 heteroatoms. The van der Waals surface area contributed by atoms with Gasteiger partial charge in [-0.05, 0) is 23.9 Å². The van der Waals surface area contributed by atoms with Crippen LogP contribution in [0.4, 0.5) is 4.79 Å². The summed E-state index contributed by atoms with van der Waals surface area (Å²) < 4.78 is 4.46. The Hall–Kier alpha value is -2.30. The Labute approximate surface area is 104 Å². The van der Waals surface area contributed by atoms with Gasteiger partial charge >= 0.3 is 6.09 Å². The summed E-state index contributed by atoms with van der Waals surface area (Å²) in [6.07, 6.45) is -0.557. The molecule has 0 radical (unpaired) electrons. The lowest BCUT2D eigenvalue weighted by atomic mass is 10.1. The van der Waals surface area contributed by atoms with Gasteiger partial charge in [0.1, 0.15) is 0 Å². The summed E-state index contributed by atoms with van der Waals surface area (Å²) in [5.41, 5.74) is 2.13. The van der Waals surface area contributed by atoms with Crippen LogP contribution in [0, 0.1) is 6.92 Å². The van der Waals surface area contributed by atoms with Gasteiger partial charge in [0.2, 0.25) is 0 Å². The quantitative estimate of drug-likeness (QED) is 0.847. The molecule has 2 aromatic rings. The van der Waals surface area contributed by atoms with E-state index in [0.29, 0.717) is 5.56 Å². The van der Waals surface area contributed by atoms with Crippen LogP contribution in [-0.2, 0) is 11.3 Å². The van der Waals surface area contributed by atoms with E-state index < -0.39 is 6.09 Å². The first-order valence-corrected chi connectivity index (χ1v) is 5.55. The zero-order chi connectivity index (χ0) is 13.1. The second-order valence-electron chi connectivity index (χ2n) is 4.01. The molecule has 1 heterocycles. The van der Waals surface area contributed by atoms with Crippen molar-refractivity contribution in [2.75, 3.05) is 7.11 Å². The van der Waals surface area contributed by atoms with Crippen LogP contribution >= 0.6 is 0 Å². The van der Waals surface area contributed by atoms with Crippen LogP contribution in [0.3, 0.4) is 0 Å². The number of rotatable bonds is 2. The molecule has 0 aliphatic heterocycles. The maximum atomic E-state index is 11.8. The first-order chi connectivity index (χ1) is 8.61. The number of benzene rings is 1. The number of aryl methyl sites for hydroxylation is 1. The third-order valence-corrected chi connectivity index (χ3v) is 2.77. The molecular weight excluding hydrogens is 232 g/mol. The fraction of sp³-hybridized carbons (Fsp3) is 0.231. The molecule has 18 heavy (non-hydrogen) atoms. The van der Waals surface area contributed by atoms with Crippen LogP contribution in [0.5, 0.6) is 0 Å². The van der Waals surface area contributed by atoms with Crippen molar-refractivity contribution in [2.24, 2.45) is 0 Å². The molecule has 0 saturated heterocycles. The van der Waals surface area contributed by atoms with Gasteiger partial charge in [0.15, 0.2) is 0 Å². The average molecular weight is 246 g/mol. The van der Waals surface area contributed by atoms with Gasteiger partial charge in [-0.3, -0.25) is 4.79 Å². The number of carbonyl (C=O) groups excluding carboxylic acids is 1. The minimum Gasteiger partial charge on any atom is -0.453 e. The second-order valence-corrected chi connectivity index (χ2v) is 4.01. The van der Waals surface area contributed by atoms with Crippen LogP contribution in [-0.4, -0.2) is 18.2 Å². The maximum absolute atomic E-state index is 11.8. The lowest BCUT2D eigenvalue weighted by Gasteiger charge is -2.06. The maximum Gasteiger partial charge on any atom is 0.407 e. The topological polar surface area (TPSA) is 71.2 Å². The number of nitrogens with one attached hydrogen (secondary N) is 2. The fourth-order valence-electron chi connectivity index (χ4n) is 1.80. The highest BCUT2D eigenvalue weighted by molar-refractivity contribution is 5.82. The van der Waals surface area contributed by atoms with Gasteiger partial charge in [0.05, 0.1) is 19.2 Å². The molecule has 1 aromatic carbocycles. The predicted molar refractivity (Wildman–Crippen MR) is 68.6 cm³/mol. The van der Waals surface area contributed by atoms with Crippen molar-refractivity contribution in [3.8, 4) is 0 Å². The van der Waals surface area contributed by atoms with E-state index in [4.69, 9.17) is 0 Å². The molecule has 1 amide bonds. The van der Waals surface area contributed by atoms with Crippen molar-refractivity contribution in [3.05, 3.63) is 45.7 Å². The lowest BCUT2D eigenvalue weighted by Crippen LogP contribution is -2.26. The van der Waals surface area contributed by atoms with Gasteiger partial charge in [-0.25, -0.2) is 4.79 Å². The summed E-state index contributed by atoms with van der Waals surface area (Å²) in [6, 6.07) is 7.55. The molecule has 0 unspecified atom stereocenters. The van der Waals surface area contributed by atoms with E-state index in [2.05, 4.69) is 15.0 Å².